The van der Waals surface area contributed by atoms with Crippen LogP contribution in [0.15, 0.2) is 4.99 Å². The standard InChI is InChI=1S/C12H24N4O2/c1-16(2)11(17)9-15-12(13-6-7-18-3)14-8-10-4-5-10/h10H,4-9H2,1-3H3,(H2,13,14,15). The third kappa shape index (κ3) is 6.44. The van der Waals surface area contributed by atoms with Gasteiger partial charge in [0, 0.05) is 34.3 Å². The first kappa shape index (κ1) is 14.8. The molecule has 0 aromatic carbocycles. The van der Waals surface area contributed by atoms with E-state index in [0.717, 1.165) is 12.5 Å². The number of likely N-dealkylation sites (N-methyl/N-ethyl adjacent to an activating group) is 1. The van der Waals surface area contributed by atoms with E-state index in [1.54, 1.807) is 21.2 Å². The zero-order chi connectivity index (χ0) is 13.4. The first-order chi connectivity index (χ1) is 8.63. The van der Waals surface area contributed by atoms with Crippen molar-refractivity contribution in [2.24, 2.45) is 10.9 Å². The predicted molar refractivity (Wildman–Crippen MR) is 71.6 cm³/mol. The van der Waals surface area contributed by atoms with E-state index < -0.39 is 0 Å². The molecule has 0 bridgehead atoms. The van der Waals surface area contributed by atoms with E-state index in [1.165, 1.54) is 17.7 Å². The molecule has 0 aliphatic heterocycles. The second-order valence-electron chi connectivity index (χ2n) is 4.70. The molecule has 1 aliphatic carbocycles. The van der Waals surface area contributed by atoms with Crippen LogP contribution >= 0.6 is 0 Å². The van der Waals surface area contributed by atoms with Crippen molar-refractivity contribution in [1.82, 2.24) is 15.5 Å². The summed E-state index contributed by atoms with van der Waals surface area (Å²) in [6.07, 6.45) is 2.57. The molecular formula is C12H24N4O2. The Morgan fingerprint density at radius 1 is 1.39 bits per heavy atom. The van der Waals surface area contributed by atoms with Crippen LogP contribution in [-0.4, -0.2) is 64.2 Å². The highest BCUT2D eigenvalue weighted by Gasteiger charge is 2.21. The highest BCUT2D eigenvalue weighted by molar-refractivity contribution is 5.84. The second-order valence-corrected chi connectivity index (χ2v) is 4.70. The van der Waals surface area contributed by atoms with Crippen LogP contribution in [0, 0.1) is 5.92 Å². The normalized spacial score (nSPS) is 15.4. The van der Waals surface area contributed by atoms with Gasteiger partial charge in [-0.2, -0.15) is 0 Å². The van der Waals surface area contributed by atoms with Crippen molar-refractivity contribution >= 4 is 11.9 Å². The summed E-state index contributed by atoms with van der Waals surface area (Å²) < 4.78 is 4.97. The van der Waals surface area contributed by atoms with Gasteiger partial charge < -0.3 is 20.3 Å². The van der Waals surface area contributed by atoms with Crippen molar-refractivity contribution in [1.29, 1.82) is 0 Å². The Bertz CT molecular complexity index is 288. The van der Waals surface area contributed by atoms with Crippen molar-refractivity contribution in [3.63, 3.8) is 0 Å². The predicted octanol–water partition coefficient (Wildman–Crippen LogP) is -0.334. The molecule has 0 atom stereocenters. The number of amides is 1. The maximum atomic E-state index is 11.5. The van der Waals surface area contributed by atoms with E-state index in [9.17, 15) is 4.79 Å². The molecule has 0 heterocycles. The number of nitrogens with one attached hydrogen (secondary N) is 2. The van der Waals surface area contributed by atoms with Gasteiger partial charge >= 0.3 is 0 Å². The van der Waals surface area contributed by atoms with Crippen LogP contribution in [-0.2, 0) is 9.53 Å². The van der Waals surface area contributed by atoms with Gasteiger partial charge in [-0.15, -0.1) is 0 Å². The topological polar surface area (TPSA) is 66.0 Å². The second kappa shape index (κ2) is 7.92. The van der Waals surface area contributed by atoms with Gasteiger partial charge in [0.05, 0.1) is 6.61 Å². The third-order valence-electron chi connectivity index (χ3n) is 2.72. The van der Waals surface area contributed by atoms with Crippen LogP contribution in [0.4, 0.5) is 0 Å². The van der Waals surface area contributed by atoms with Gasteiger partial charge in [-0.25, -0.2) is 4.99 Å². The molecule has 1 fully saturated rings. The number of guanidine groups is 1. The number of nitrogens with zero attached hydrogens (tertiary/aromatic N) is 2. The van der Waals surface area contributed by atoms with Gasteiger partial charge in [-0.3, -0.25) is 4.79 Å². The Morgan fingerprint density at radius 2 is 2.11 bits per heavy atom. The molecule has 1 amide bonds. The van der Waals surface area contributed by atoms with Crippen LogP contribution in [0.3, 0.4) is 0 Å². The Balaban J connectivity index is 2.34. The molecule has 1 rings (SSSR count). The minimum absolute atomic E-state index is 0.00531. The molecule has 6 nitrogen and oxygen atoms in total. The quantitative estimate of drug-likeness (QED) is 0.372. The summed E-state index contributed by atoms with van der Waals surface area (Å²) in [5.41, 5.74) is 0. The summed E-state index contributed by atoms with van der Waals surface area (Å²) in [6.45, 7) is 2.39. The Labute approximate surface area is 109 Å². The van der Waals surface area contributed by atoms with Gasteiger partial charge in [0.15, 0.2) is 5.96 Å². The van der Waals surface area contributed by atoms with E-state index in [2.05, 4.69) is 15.6 Å². The molecule has 0 spiro atoms. The van der Waals surface area contributed by atoms with Crippen LogP contribution in [0.5, 0.6) is 0 Å². The minimum Gasteiger partial charge on any atom is -0.383 e. The first-order valence-electron chi connectivity index (χ1n) is 6.34. The molecule has 0 aromatic rings. The minimum atomic E-state index is -0.00531. The Kier molecular flexibility index (Phi) is 6.49. The number of hydrogen-bond donors (Lipinski definition) is 2. The SMILES string of the molecule is COCCNC(=NCC(=O)N(C)C)NCC1CC1. The monoisotopic (exact) mass is 256 g/mol. The van der Waals surface area contributed by atoms with E-state index in [4.69, 9.17) is 4.74 Å². The fourth-order valence-electron chi connectivity index (χ4n) is 1.30. The van der Waals surface area contributed by atoms with Crippen molar-refractivity contribution in [3.05, 3.63) is 0 Å². The average Bonchev–Trinajstić information content (AvgIpc) is 3.15. The summed E-state index contributed by atoms with van der Waals surface area (Å²) in [4.78, 5) is 17.3. The van der Waals surface area contributed by atoms with Crippen molar-refractivity contribution < 1.29 is 9.53 Å². The zero-order valence-corrected chi connectivity index (χ0v) is 11.5. The summed E-state index contributed by atoms with van der Waals surface area (Å²) in [7, 11) is 5.12. The molecule has 0 radical (unpaired) electrons. The van der Waals surface area contributed by atoms with Gasteiger partial charge in [-0.05, 0) is 18.8 Å². The number of carbonyl (C=O) groups is 1. The third-order valence-corrected chi connectivity index (χ3v) is 2.72. The number of carbonyl (C=O) groups excluding carboxylic acids is 1. The van der Waals surface area contributed by atoms with E-state index in [-0.39, 0.29) is 12.5 Å². The zero-order valence-electron chi connectivity index (χ0n) is 11.5. The van der Waals surface area contributed by atoms with E-state index in [0.29, 0.717) is 19.1 Å². The lowest BCUT2D eigenvalue weighted by Crippen LogP contribution is -2.40. The van der Waals surface area contributed by atoms with Crippen LogP contribution in [0.1, 0.15) is 12.8 Å². The van der Waals surface area contributed by atoms with Gasteiger partial charge in [0.1, 0.15) is 6.54 Å². The van der Waals surface area contributed by atoms with E-state index in [1.807, 2.05) is 0 Å². The average molecular weight is 256 g/mol. The number of ether oxygens (including phenoxy) is 1. The fourth-order valence-corrected chi connectivity index (χ4v) is 1.30. The molecule has 0 aromatic heterocycles. The molecule has 18 heavy (non-hydrogen) atoms. The molecule has 2 N–H and O–H groups in total. The first-order valence-corrected chi connectivity index (χ1v) is 6.34. The van der Waals surface area contributed by atoms with Crippen molar-refractivity contribution in [2.45, 2.75) is 12.8 Å². The van der Waals surface area contributed by atoms with Crippen molar-refractivity contribution in [2.75, 3.05) is 47.4 Å². The maximum Gasteiger partial charge on any atom is 0.243 e. The fraction of sp³-hybridized carbons (Fsp3) is 0.833. The highest BCUT2D eigenvalue weighted by Crippen LogP contribution is 2.27. The molecule has 0 unspecified atom stereocenters. The largest absolute Gasteiger partial charge is 0.383 e. The lowest BCUT2D eigenvalue weighted by atomic mass is 10.4. The molecule has 0 saturated heterocycles. The summed E-state index contributed by atoms with van der Waals surface area (Å²) in [6, 6.07) is 0. The van der Waals surface area contributed by atoms with Crippen LogP contribution in [0.25, 0.3) is 0 Å². The molecule has 104 valence electrons. The van der Waals surface area contributed by atoms with Gasteiger partial charge in [-0.1, -0.05) is 0 Å². The lowest BCUT2D eigenvalue weighted by molar-refractivity contribution is -0.127. The number of rotatable bonds is 7. The maximum absolute atomic E-state index is 11.5. The van der Waals surface area contributed by atoms with Crippen molar-refractivity contribution in [3.8, 4) is 0 Å². The summed E-state index contributed by atoms with van der Waals surface area (Å²) in [5.74, 6) is 1.45. The smallest absolute Gasteiger partial charge is 0.243 e. The molecular weight excluding hydrogens is 232 g/mol. The van der Waals surface area contributed by atoms with E-state index >= 15 is 0 Å². The molecule has 1 saturated carbocycles. The van der Waals surface area contributed by atoms with Crippen LogP contribution in [0.2, 0.25) is 0 Å². The molecule has 1 aliphatic rings. The summed E-state index contributed by atoms with van der Waals surface area (Å²) in [5, 5.41) is 6.39. The highest BCUT2D eigenvalue weighted by atomic mass is 16.5. The number of aliphatic imine (C=N–C) groups is 1. The van der Waals surface area contributed by atoms with Crippen LogP contribution < -0.4 is 10.6 Å². The number of hydrogen-bond acceptors (Lipinski definition) is 3. The molecule has 6 heteroatoms. The Hall–Kier alpha value is -1.30. The van der Waals surface area contributed by atoms with Gasteiger partial charge in [0.25, 0.3) is 0 Å². The Morgan fingerprint density at radius 3 is 2.67 bits per heavy atom. The number of methoxy groups -OCH3 is 1. The van der Waals surface area contributed by atoms with Gasteiger partial charge in [0.2, 0.25) is 5.91 Å². The summed E-state index contributed by atoms with van der Waals surface area (Å²) >= 11 is 0. The lowest BCUT2D eigenvalue weighted by Gasteiger charge is -2.13.